The van der Waals surface area contributed by atoms with Crippen molar-refractivity contribution >= 4 is 11.5 Å². The van der Waals surface area contributed by atoms with Gasteiger partial charge < -0.3 is 19.1 Å². The van der Waals surface area contributed by atoms with Gasteiger partial charge >= 0.3 is 0 Å². The van der Waals surface area contributed by atoms with Gasteiger partial charge in [-0.15, -0.1) is 0 Å². The van der Waals surface area contributed by atoms with Crippen LogP contribution in [0.2, 0.25) is 0 Å². The number of rotatable bonds is 7. The topological polar surface area (TPSA) is 77.3 Å². The number of methoxy groups -OCH3 is 3. The first-order valence-electron chi connectivity index (χ1n) is 11.2. The molecule has 1 aliphatic heterocycles. The van der Waals surface area contributed by atoms with Gasteiger partial charge in [0.1, 0.15) is 5.82 Å². The quantitative estimate of drug-likeness (QED) is 0.416. The van der Waals surface area contributed by atoms with E-state index in [2.05, 4.69) is 32.0 Å². The Hall–Kier alpha value is -3.85. The van der Waals surface area contributed by atoms with Crippen LogP contribution >= 0.6 is 0 Å². The van der Waals surface area contributed by atoms with Crippen LogP contribution in [0.3, 0.4) is 0 Å². The van der Waals surface area contributed by atoms with Gasteiger partial charge in [0.2, 0.25) is 5.75 Å². The Morgan fingerprint density at radius 3 is 2.29 bits per heavy atom. The Bertz CT molecular complexity index is 1240. The zero-order chi connectivity index (χ0) is 23.5. The molecule has 0 bridgehead atoms. The van der Waals surface area contributed by atoms with Crippen LogP contribution in [-0.4, -0.2) is 72.0 Å². The Kier molecular flexibility index (Phi) is 6.18. The molecule has 1 fully saturated rings. The van der Waals surface area contributed by atoms with Gasteiger partial charge in [-0.1, -0.05) is 6.07 Å². The van der Waals surface area contributed by atoms with Gasteiger partial charge in [-0.2, -0.15) is 9.61 Å². The SMILES string of the molecule is COc1cc(-c2cc(N3CCN(Cc4cccnc4)CC3)n3nccc3n2)cc(OC)c1OC. The fourth-order valence-corrected chi connectivity index (χ4v) is 4.38. The number of aromatic nitrogens is 4. The fourth-order valence-electron chi connectivity index (χ4n) is 4.38. The minimum Gasteiger partial charge on any atom is -0.493 e. The molecule has 0 radical (unpaired) electrons. The molecule has 4 aromatic rings. The molecule has 34 heavy (non-hydrogen) atoms. The van der Waals surface area contributed by atoms with E-state index in [9.17, 15) is 0 Å². The summed E-state index contributed by atoms with van der Waals surface area (Å²) in [4.78, 5) is 13.9. The second-order valence-electron chi connectivity index (χ2n) is 8.14. The molecule has 9 nitrogen and oxygen atoms in total. The van der Waals surface area contributed by atoms with Crippen molar-refractivity contribution in [2.24, 2.45) is 0 Å². The van der Waals surface area contributed by atoms with Crippen molar-refractivity contribution in [1.29, 1.82) is 0 Å². The normalized spacial score (nSPS) is 14.4. The highest BCUT2D eigenvalue weighted by atomic mass is 16.5. The molecule has 0 unspecified atom stereocenters. The van der Waals surface area contributed by atoms with E-state index >= 15 is 0 Å². The molecule has 9 heteroatoms. The van der Waals surface area contributed by atoms with Gasteiger partial charge in [0.15, 0.2) is 17.1 Å². The maximum absolute atomic E-state index is 5.55. The van der Waals surface area contributed by atoms with Crippen molar-refractivity contribution in [3.63, 3.8) is 0 Å². The molecular formula is C25H28N6O3. The van der Waals surface area contributed by atoms with Crippen molar-refractivity contribution in [3.05, 3.63) is 60.6 Å². The number of fused-ring (bicyclic) bond motifs is 1. The zero-order valence-electron chi connectivity index (χ0n) is 19.6. The number of nitrogens with zero attached hydrogens (tertiary/aromatic N) is 6. The summed E-state index contributed by atoms with van der Waals surface area (Å²) in [6, 6.07) is 12.0. The van der Waals surface area contributed by atoms with Crippen LogP contribution in [0.5, 0.6) is 17.2 Å². The van der Waals surface area contributed by atoms with Gasteiger partial charge in [-0.05, 0) is 23.8 Å². The maximum atomic E-state index is 5.55. The van der Waals surface area contributed by atoms with Crippen molar-refractivity contribution in [3.8, 4) is 28.5 Å². The largest absolute Gasteiger partial charge is 0.493 e. The minimum absolute atomic E-state index is 0.559. The molecule has 176 valence electrons. The lowest BCUT2D eigenvalue weighted by molar-refractivity contribution is 0.248. The average Bonchev–Trinajstić information content (AvgIpc) is 3.37. The van der Waals surface area contributed by atoms with Gasteiger partial charge in [-0.3, -0.25) is 9.88 Å². The van der Waals surface area contributed by atoms with Crippen molar-refractivity contribution < 1.29 is 14.2 Å². The van der Waals surface area contributed by atoms with Crippen molar-refractivity contribution in [2.45, 2.75) is 6.54 Å². The molecule has 0 N–H and O–H groups in total. The second kappa shape index (κ2) is 9.56. The van der Waals surface area contributed by atoms with E-state index in [0.29, 0.717) is 17.2 Å². The van der Waals surface area contributed by atoms with E-state index in [1.165, 1.54) is 5.56 Å². The number of anilines is 1. The maximum Gasteiger partial charge on any atom is 0.203 e. The molecule has 0 aliphatic carbocycles. The van der Waals surface area contributed by atoms with Crippen LogP contribution in [0.15, 0.2) is 55.0 Å². The predicted octanol–water partition coefficient (Wildman–Crippen LogP) is 3.14. The van der Waals surface area contributed by atoms with Crippen molar-refractivity contribution in [1.82, 2.24) is 24.5 Å². The summed E-state index contributed by atoms with van der Waals surface area (Å²) in [6.45, 7) is 4.62. The predicted molar refractivity (Wildman–Crippen MR) is 130 cm³/mol. The summed E-state index contributed by atoms with van der Waals surface area (Å²) < 4.78 is 18.5. The van der Waals surface area contributed by atoms with E-state index in [0.717, 1.165) is 55.4 Å². The lowest BCUT2D eigenvalue weighted by Crippen LogP contribution is -2.46. The zero-order valence-corrected chi connectivity index (χ0v) is 19.6. The molecule has 5 rings (SSSR count). The van der Waals surface area contributed by atoms with Crippen LogP contribution in [0.4, 0.5) is 5.82 Å². The highest BCUT2D eigenvalue weighted by molar-refractivity contribution is 5.72. The first-order chi connectivity index (χ1) is 16.7. The lowest BCUT2D eigenvalue weighted by Gasteiger charge is -2.36. The van der Waals surface area contributed by atoms with Gasteiger partial charge in [-0.25, -0.2) is 4.98 Å². The first-order valence-corrected chi connectivity index (χ1v) is 11.2. The van der Waals surface area contributed by atoms with Crippen molar-refractivity contribution in [2.75, 3.05) is 52.4 Å². The Morgan fingerprint density at radius 1 is 0.882 bits per heavy atom. The minimum atomic E-state index is 0.559. The summed E-state index contributed by atoms with van der Waals surface area (Å²) in [5, 5.41) is 4.53. The average molecular weight is 461 g/mol. The Morgan fingerprint density at radius 2 is 1.65 bits per heavy atom. The number of ether oxygens (including phenoxy) is 3. The summed E-state index contributed by atoms with van der Waals surface area (Å²) >= 11 is 0. The molecule has 0 amide bonds. The van der Waals surface area contributed by atoms with E-state index in [1.54, 1.807) is 27.5 Å². The van der Waals surface area contributed by atoms with Crippen LogP contribution in [0.25, 0.3) is 16.9 Å². The van der Waals surface area contributed by atoms with E-state index in [1.807, 2.05) is 41.2 Å². The standard InChI is InChI=1S/C25H28N6O3/c1-32-21-13-19(14-22(33-2)25(21)34-3)20-15-24(31-23(28-20)6-8-27-31)30-11-9-29(10-12-30)17-18-5-4-7-26-16-18/h4-8,13-16H,9-12,17H2,1-3H3. The highest BCUT2D eigenvalue weighted by Gasteiger charge is 2.22. The monoisotopic (exact) mass is 460 g/mol. The molecule has 4 heterocycles. The fraction of sp³-hybridized carbons (Fsp3) is 0.320. The molecule has 1 saturated heterocycles. The second-order valence-corrected chi connectivity index (χ2v) is 8.14. The number of pyridine rings is 1. The lowest BCUT2D eigenvalue weighted by atomic mass is 10.1. The van der Waals surface area contributed by atoms with E-state index < -0.39 is 0 Å². The molecular weight excluding hydrogens is 432 g/mol. The van der Waals surface area contributed by atoms with Crippen LogP contribution in [-0.2, 0) is 6.54 Å². The first kappa shape index (κ1) is 22.0. The molecule has 0 atom stereocenters. The number of hydrogen-bond acceptors (Lipinski definition) is 8. The van der Waals surface area contributed by atoms with Crippen LogP contribution in [0, 0.1) is 0 Å². The van der Waals surface area contributed by atoms with Gasteiger partial charge in [0, 0.05) is 62.8 Å². The van der Waals surface area contributed by atoms with E-state index in [-0.39, 0.29) is 0 Å². The third-order valence-electron chi connectivity index (χ3n) is 6.13. The smallest absolute Gasteiger partial charge is 0.203 e. The molecule has 0 saturated carbocycles. The van der Waals surface area contributed by atoms with E-state index in [4.69, 9.17) is 19.2 Å². The third kappa shape index (κ3) is 4.22. The number of benzene rings is 1. The number of hydrogen-bond donors (Lipinski definition) is 0. The molecule has 1 aliphatic rings. The highest BCUT2D eigenvalue weighted by Crippen LogP contribution is 2.41. The summed E-state index contributed by atoms with van der Waals surface area (Å²) in [6.07, 6.45) is 5.53. The van der Waals surface area contributed by atoms with Gasteiger partial charge in [0.05, 0.1) is 33.2 Å². The van der Waals surface area contributed by atoms with Crippen LogP contribution in [0.1, 0.15) is 5.56 Å². The Balaban J connectivity index is 1.44. The molecule has 0 spiro atoms. The summed E-state index contributed by atoms with van der Waals surface area (Å²) in [7, 11) is 4.83. The number of piperazine rings is 1. The molecule has 1 aromatic carbocycles. The van der Waals surface area contributed by atoms with Gasteiger partial charge in [0.25, 0.3) is 0 Å². The molecule has 3 aromatic heterocycles. The Labute approximate surface area is 198 Å². The van der Waals surface area contributed by atoms with Crippen LogP contribution < -0.4 is 19.1 Å². The third-order valence-corrected chi connectivity index (χ3v) is 6.13. The summed E-state index contributed by atoms with van der Waals surface area (Å²) in [5.74, 6) is 2.76. The summed E-state index contributed by atoms with van der Waals surface area (Å²) in [5.41, 5.74) is 3.73.